The number of rotatable bonds is 7. The minimum absolute atomic E-state index is 0.207. The number of imide groups is 1. The van der Waals surface area contributed by atoms with Crippen molar-refractivity contribution in [2.24, 2.45) is 0 Å². The molecule has 0 radical (unpaired) electrons. The first-order chi connectivity index (χ1) is 8.31. The zero-order chi connectivity index (χ0) is 14.1. The maximum atomic E-state index is 11.3. The highest BCUT2D eigenvalue weighted by molar-refractivity contribution is 7.84. The lowest BCUT2D eigenvalue weighted by atomic mass is 10.2. The van der Waals surface area contributed by atoms with Crippen LogP contribution in [0.15, 0.2) is 0 Å². The van der Waals surface area contributed by atoms with Gasteiger partial charge in [-0.3, -0.25) is 19.1 Å². The Morgan fingerprint density at radius 2 is 1.89 bits per heavy atom. The van der Waals surface area contributed by atoms with Crippen molar-refractivity contribution in [3.8, 4) is 0 Å². The van der Waals surface area contributed by atoms with Gasteiger partial charge >= 0.3 is 12.0 Å². The van der Waals surface area contributed by atoms with Gasteiger partial charge in [0.1, 0.15) is 0 Å². The fourth-order valence-electron chi connectivity index (χ4n) is 1.08. The van der Waals surface area contributed by atoms with E-state index in [1.54, 1.807) is 13.2 Å². The standard InChI is InChI=1S/C10H18N2O5S/c1-7(5-6-18(2)17)11-10(16)12-8(13)3-4-9(14)15/h7H,3-6H2,1-2H3,(H,14,15)(H2,11,12,13,16). The van der Waals surface area contributed by atoms with Crippen LogP contribution in [0.25, 0.3) is 0 Å². The number of aliphatic carboxylic acids is 1. The molecule has 0 saturated heterocycles. The van der Waals surface area contributed by atoms with E-state index in [9.17, 15) is 18.6 Å². The second-order valence-electron chi connectivity index (χ2n) is 3.88. The van der Waals surface area contributed by atoms with Gasteiger partial charge in [-0.25, -0.2) is 4.79 Å². The molecule has 2 unspecified atom stereocenters. The van der Waals surface area contributed by atoms with Crippen molar-refractivity contribution in [1.29, 1.82) is 0 Å². The Morgan fingerprint density at radius 1 is 1.28 bits per heavy atom. The van der Waals surface area contributed by atoms with Crippen LogP contribution in [0.3, 0.4) is 0 Å². The summed E-state index contributed by atoms with van der Waals surface area (Å²) in [7, 11) is -0.924. The summed E-state index contributed by atoms with van der Waals surface area (Å²) in [5.41, 5.74) is 0. The van der Waals surface area contributed by atoms with E-state index < -0.39 is 28.7 Å². The van der Waals surface area contributed by atoms with E-state index in [0.717, 1.165) is 0 Å². The van der Waals surface area contributed by atoms with Crippen molar-refractivity contribution < 1.29 is 23.7 Å². The van der Waals surface area contributed by atoms with Crippen molar-refractivity contribution in [2.75, 3.05) is 12.0 Å². The Balaban J connectivity index is 3.85. The first kappa shape index (κ1) is 16.6. The summed E-state index contributed by atoms with van der Waals surface area (Å²) in [6.45, 7) is 1.73. The van der Waals surface area contributed by atoms with Gasteiger partial charge in [0, 0.05) is 35.3 Å². The van der Waals surface area contributed by atoms with Crippen LogP contribution in [0.2, 0.25) is 0 Å². The van der Waals surface area contributed by atoms with Crippen LogP contribution in [0.4, 0.5) is 4.79 Å². The van der Waals surface area contributed by atoms with Gasteiger partial charge in [0.2, 0.25) is 5.91 Å². The van der Waals surface area contributed by atoms with Gasteiger partial charge in [-0.05, 0) is 13.3 Å². The van der Waals surface area contributed by atoms with Gasteiger partial charge in [-0.2, -0.15) is 0 Å². The predicted molar refractivity (Wildman–Crippen MR) is 66.6 cm³/mol. The maximum Gasteiger partial charge on any atom is 0.321 e. The maximum absolute atomic E-state index is 11.3. The van der Waals surface area contributed by atoms with Crippen LogP contribution in [-0.2, 0) is 20.4 Å². The lowest BCUT2D eigenvalue weighted by Crippen LogP contribution is -2.43. The normalized spacial score (nSPS) is 13.4. The molecule has 0 rings (SSSR count). The molecule has 3 N–H and O–H groups in total. The average molecular weight is 278 g/mol. The summed E-state index contributed by atoms with van der Waals surface area (Å²) >= 11 is 0. The molecule has 0 fully saturated rings. The van der Waals surface area contributed by atoms with Crippen LogP contribution in [0.5, 0.6) is 0 Å². The van der Waals surface area contributed by atoms with Crippen molar-refractivity contribution in [1.82, 2.24) is 10.6 Å². The summed E-state index contributed by atoms with van der Waals surface area (Å²) in [5.74, 6) is -1.26. The van der Waals surface area contributed by atoms with E-state index in [0.29, 0.717) is 12.2 Å². The average Bonchev–Trinajstić information content (AvgIpc) is 2.23. The predicted octanol–water partition coefficient (Wildman–Crippen LogP) is -0.166. The van der Waals surface area contributed by atoms with Gasteiger partial charge in [0.25, 0.3) is 0 Å². The third kappa shape index (κ3) is 9.76. The second kappa shape index (κ2) is 8.62. The molecule has 0 bridgehead atoms. The van der Waals surface area contributed by atoms with E-state index in [2.05, 4.69) is 5.32 Å². The molecule has 0 aromatic rings. The molecule has 2 atom stereocenters. The number of carbonyl (C=O) groups excluding carboxylic acids is 2. The first-order valence-electron chi connectivity index (χ1n) is 5.43. The fraction of sp³-hybridized carbons (Fsp3) is 0.700. The second-order valence-corrected chi connectivity index (χ2v) is 5.44. The van der Waals surface area contributed by atoms with Gasteiger partial charge in [-0.1, -0.05) is 0 Å². The summed E-state index contributed by atoms with van der Waals surface area (Å²) in [6, 6.07) is -0.874. The Morgan fingerprint density at radius 3 is 2.39 bits per heavy atom. The Kier molecular flexibility index (Phi) is 7.93. The molecule has 0 aliphatic carbocycles. The minimum atomic E-state index is -1.09. The minimum Gasteiger partial charge on any atom is -0.481 e. The summed E-state index contributed by atoms with van der Waals surface area (Å²) in [6.07, 6.45) is 1.56. The van der Waals surface area contributed by atoms with Gasteiger partial charge < -0.3 is 10.4 Å². The summed E-state index contributed by atoms with van der Waals surface area (Å²) in [4.78, 5) is 32.6. The lowest BCUT2D eigenvalue weighted by molar-refractivity contribution is -0.138. The highest BCUT2D eigenvalue weighted by Crippen LogP contribution is 1.93. The van der Waals surface area contributed by atoms with Crippen molar-refractivity contribution in [2.45, 2.75) is 32.2 Å². The zero-order valence-electron chi connectivity index (χ0n) is 10.4. The number of carboxylic acid groups (broad SMARTS) is 1. The third-order valence-electron chi connectivity index (χ3n) is 2.03. The van der Waals surface area contributed by atoms with E-state index >= 15 is 0 Å². The molecule has 104 valence electrons. The molecule has 0 aliphatic heterocycles. The molecule has 0 saturated carbocycles. The Hall–Kier alpha value is -1.44. The van der Waals surface area contributed by atoms with Crippen LogP contribution in [-0.4, -0.2) is 45.3 Å². The SMILES string of the molecule is CC(CCS(C)=O)NC(=O)NC(=O)CCC(=O)O. The number of hydrogen-bond acceptors (Lipinski definition) is 4. The van der Waals surface area contributed by atoms with E-state index in [1.807, 2.05) is 5.32 Å². The number of amides is 3. The van der Waals surface area contributed by atoms with Gasteiger partial charge in [-0.15, -0.1) is 0 Å². The Bertz CT molecular complexity index is 345. The molecule has 0 aliphatic rings. The zero-order valence-corrected chi connectivity index (χ0v) is 11.2. The lowest BCUT2D eigenvalue weighted by Gasteiger charge is -2.13. The van der Waals surface area contributed by atoms with E-state index in [1.165, 1.54) is 0 Å². The van der Waals surface area contributed by atoms with Crippen LogP contribution >= 0.6 is 0 Å². The number of carboxylic acids is 1. The molecule has 18 heavy (non-hydrogen) atoms. The van der Waals surface area contributed by atoms with Gasteiger partial charge in [0.05, 0.1) is 6.42 Å². The first-order valence-corrected chi connectivity index (χ1v) is 7.16. The molecule has 3 amide bonds. The van der Waals surface area contributed by atoms with Crippen LogP contribution in [0.1, 0.15) is 26.2 Å². The summed E-state index contributed by atoms with van der Waals surface area (Å²) < 4.78 is 10.8. The highest BCUT2D eigenvalue weighted by atomic mass is 32.2. The van der Waals surface area contributed by atoms with Crippen molar-refractivity contribution in [3.05, 3.63) is 0 Å². The quantitative estimate of drug-likeness (QED) is 0.598. The summed E-state index contributed by atoms with van der Waals surface area (Å²) in [5, 5.41) is 12.9. The number of carbonyl (C=O) groups is 3. The largest absolute Gasteiger partial charge is 0.481 e. The number of nitrogens with one attached hydrogen (secondary N) is 2. The molecule has 0 spiro atoms. The third-order valence-corrected chi connectivity index (χ3v) is 2.85. The Labute approximate surface area is 108 Å². The monoisotopic (exact) mass is 278 g/mol. The smallest absolute Gasteiger partial charge is 0.321 e. The molecular formula is C10H18N2O5S. The van der Waals surface area contributed by atoms with E-state index in [4.69, 9.17) is 5.11 Å². The number of urea groups is 1. The molecule has 0 aromatic heterocycles. The molecular weight excluding hydrogens is 260 g/mol. The van der Waals surface area contributed by atoms with E-state index in [-0.39, 0.29) is 18.9 Å². The molecule has 0 heterocycles. The van der Waals surface area contributed by atoms with Crippen LogP contribution in [0, 0.1) is 0 Å². The highest BCUT2D eigenvalue weighted by Gasteiger charge is 2.12. The molecule has 0 aromatic carbocycles. The van der Waals surface area contributed by atoms with Gasteiger partial charge in [0.15, 0.2) is 0 Å². The molecule has 7 nitrogen and oxygen atoms in total. The van der Waals surface area contributed by atoms with Crippen molar-refractivity contribution >= 4 is 28.7 Å². The van der Waals surface area contributed by atoms with Crippen LogP contribution < -0.4 is 10.6 Å². The topological polar surface area (TPSA) is 113 Å². The van der Waals surface area contributed by atoms with Crippen molar-refractivity contribution in [3.63, 3.8) is 0 Å². The number of hydrogen-bond donors (Lipinski definition) is 3. The molecule has 8 heteroatoms. The fourth-order valence-corrected chi connectivity index (χ4v) is 1.77.